The molecule has 2 aliphatic rings. The van der Waals surface area contributed by atoms with Crippen LogP contribution >= 0.6 is 0 Å². The van der Waals surface area contributed by atoms with Crippen molar-refractivity contribution in [2.75, 3.05) is 17.2 Å². The Morgan fingerprint density at radius 1 is 1.31 bits per heavy atom. The SMILES string of the molecule is CC(=O)Nc1cc(Nc2cc(C)nc(C(C)(F)F)n2)c(OC[C@@H]2CC23CC3)cn1. The van der Waals surface area contributed by atoms with Crippen LogP contribution < -0.4 is 15.4 Å². The first-order chi connectivity index (χ1) is 13.6. The van der Waals surface area contributed by atoms with Gasteiger partial charge in [-0.25, -0.2) is 15.0 Å². The Morgan fingerprint density at radius 2 is 2.07 bits per heavy atom. The summed E-state index contributed by atoms with van der Waals surface area (Å²) < 4.78 is 33.4. The molecular formula is C20H23F2N5O2. The van der Waals surface area contributed by atoms with Crippen molar-refractivity contribution < 1.29 is 18.3 Å². The van der Waals surface area contributed by atoms with E-state index in [9.17, 15) is 13.6 Å². The van der Waals surface area contributed by atoms with Crippen molar-refractivity contribution in [2.24, 2.45) is 11.3 Å². The summed E-state index contributed by atoms with van der Waals surface area (Å²) in [6, 6.07) is 3.16. The van der Waals surface area contributed by atoms with E-state index in [4.69, 9.17) is 4.74 Å². The summed E-state index contributed by atoms with van der Waals surface area (Å²) in [4.78, 5) is 23.3. The van der Waals surface area contributed by atoms with Crippen LogP contribution in [0, 0.1) is 18.3 Å². The number of halogens is 2. The fraction of sp³-hybridized carbons (Fsp3) is 0.500. The van der Waals surface area contributed by atoms with Crippen LogP contribution in [-0.4, -0.2) is 27.5 Å². The molecule has 2 fully saturated rings. The smallest absolute Gasteiger partial charge is 0.303 e. The summed E-state index contributed by atoms with van der Waals surface area (Å²) >= 11 is 0. The second-order valence-corrected chi connectivity index (χ2v) is 8.05. The first-order valence-electron chi connectivity index (χ1n) is 9.56. The van der Waals surface area contributed by atoms with Gasteiger partial charge in [-0.15, -0.1) is 0 Å². The number of nitrogens with one attached hydrogen (secondary N) is 2. The summed E-state index contributed by atoms with van der Waals surface area (Å²) in [6.07, 6.45) is 5.23. The molecule has 29 heavy (non-hydrogen) atoms. The van der Waals surface area contributed by atoms with E-state index >= 15 is 0 Å². The molecule has 2 aromatic heterocycles. The van der Waals surface area contributed by atoms with Crippen LogP contribution in [0.25, 0.3) is 0 Å². The van der Waals surface area contributed by atoms with Gasteiger partial charge in [0.05, 0.1) is 18.5 Å². The summed E-state index contributed by atoms with van der Waals surface area (Å²) in [6.45, 7) is 4.34. The van der Waals surface area contributed by atoms with Crippen molar-refractivity contribution in [3.05, 3.63) is 29.8 Å². The number of ether oxygens (including phenoxy) is 1. The van der Waals surface area contributed by atoms with Gasteiger partial charge in [0.25, 0.3) is 0 Å². The number of rotatable bonds is 7. The Hall–Kier alpha value is -2.84. The lowest BCUT2D eigenvalue weighted by Gasteiger charge is -2.16. The molecule has 1 spiro atoms. The maximum Gasteiger partial charge on any atom is 0.303 e. The van der Waals surface area contributed by atoms with Crippen LogP contribution in [0.2, 0.25) is 0 Å². The van der Waals surface area contributed by atoms with Gasteiger partial charge >= 0.3 is 5.92 Å². The number of hydrogen-bond acceptors (Lipinski definition) is 6. The minimum absolute atomic E-state index is 0.212. The largest absolute Gasteiger partial charge is 0.489 e. The van der Waals surface area contributed by atoms with Crippen molar-refractivity contribution in [1.29, 1.82) is 0 Å². The minimum Gasteiger partial charge on any atom is -0.489 e. The molecule has 2 N–H and O–H groups in total. The van der Waals surface area contributed by atoms with E-state index in [-0.39, 0.29) is 11.7 Å². The zero-order chi connectivity index (χ0) is 20.8. The number of pyridine rings is 1. The second kappa shape index (κ2) is 6.89. The van der Waals surface area contributed by atoms with Crippen LogP contribution in [0.5, 0.6) is 5.75 Å². The average molecular weight is 403 g/mol. The predicted octanol–water partition coefficient (Wildman–Crippen LogP) is 4.17. The molecule has 2 heterocycles. The van der Waals surface area contributed by atoms with E-state index in [0.717, 1.165) is 6.92 Å². The van der Waals surface area contributed by atoms with Gasteiger partial charge in [-0.05, 0) is 37.5 Å². The topological polar surface area (TPSA) is 89.0 Å². The molecule has 0 aromatic carbocycles. The Balaban J connectivity index is 1.59. The van der Waals surface area contributed by atoms with Gasteiger partial charge in [-0.2, -0.15) is 8.78 Å². The van der Waals surface area contributed by atoms with E-state index in [0.29, 0.717) is 40.9 Å². The summed E-state index contributed by atoms with van der Waals surface area (Å²) in [7, 11) is 0. The number of hydrogen-bond donors (Lipinski definition) is 2. The van der Waals surface area contributed by atoms with E-state index < -0.39 is 11.7 Å². The predicted molar refractivity (Wildman–Crippen MR) is 103 cm³/mol. The second-order valence-electron chi connectivity index (χ2n) is 8.05. The Bertz CT molecular complexity index is 956. The van der Waals surface area contributed by atoms with Crippen LogP contribution in [0.1, 0.15) is 44.6 Å². The van der Waals surface area contributed by atoms with Crippen molar-refractivity contribution >= 4 is 23.2 Å². The molecule has 4 rings (SSSR count). The fourth-order valence-electron chi connectivity index (χ4n) is 3.50. The summed E-state index contributed by atoms with van der Waals surface area (Å²) in [5, 5.41) is 5.63. The molecule has 1 amide bonds. The zero-order valence-electron chi connectivity index (χ0n) is 16.6. The zero-order valence-corrected chi connectivity index (χ0v) is 16.6. The quantitative estimate of drug-likeness (QED) is 0.721. The molecule has 7 nitrogen and oxygen atoms in total. The maximum absolute atomic E-state index is 13.7. The third kappa shape index (κ3) is 4.44. The van der Waals surface area contributed by atoms with Gasteiger partial charge in [0, 0.05) is 31.7 Å². The first-order valence-corrected chi connectivity index (χ1v) is 9.56. The van der Waals surface area contributed by atoms with Crippen LogP contribution in [-0.2, 0) is 10.7 Å². The standard InChI is InChI=1S/C20H23F2N5O2/c1-11-6-17(27-18(24-11)19(3,21)22)26-14-7-16(25-12(2)28)23-9-15(14)29-10-13-8-20(13)4-5-20/h6-7,9,13H,4-5,8,10H2,1-3H3,(H2,23,24,25,26,27,28)/t13-/m0/s1. The normalized spacial score (nSPS) is 19.0. The first kappa shape index (κ1) is 19.5. The number of anilines is 3. The minimum atomic E-state index is -3.16. The number of aromatic nitrogens is 3. The van der Waals surface area contributed by atoms with E-state index in [2.05, 4.69) is 25.6 Å². The molecule has 9 heteroatoms. The molecule has 154 valence electrons. The molecule has 1 atom stereocenters. The van der Waals surface area contributed by atoms with Gasteiger partial charge in [0.2, 0.25) is 11.7 Å². The summed E-state index contributed by atoms with van der Waals surface area (Å²) in [5.74, 6) is -2.43. The van der Waals surface area contributed by atoms with Crippen LogP contribution in [0.4, 0.5) is 26.1 Å². The van der Waals surface area contributed by atoms with Gasteiger partial charge in [-0.1, -0.05) is 0 Å². The van der Waals surface area contributed by atoms with Crippen molar-refractivity contribution in [3.8, 4) is 5.75 Å². The molecule has 2 aromatic rings. The Labute approximate surface area is 167 Å². The van der Waals surface area contributed by atoms with E-state index in [1.807, 2.05) is 0 Å². The van der Waals surface area contributed by atoms with Crippen LogP contribution in [0.3, 0.4) is 0 Å². The van der Waals surface area contributed by atoms with Crippen molar-refractivity contribution in [1.82, 2.24) is 15.0 Å². The third-order valence-corrected chi connectivity index (χ3v) is 5.37. The molecule has 2 aliphatic carbocycles. The highest BCUT2D eigenvalue weighted by Gasteiger charge is 2.62. The lowest BCUT2D eigenvalue weighted by molar-refractivity contribution is -0.114. The molecular weight excluding hydrogens is 380 g/mol. The average Bonchev–Trinajstić information content (AvgIpc) is 3.52. The number of aryl methyl sites for hydroxylation is 1. The number of amides is 1. The lowest BCUT2D eigenvalue weighted by Crippen LogP contribution is -2.15. The number of alkyl halides is 2. The number of nitrogens with zero attached hydrogens (tertiary/aromatic N) is 3. The number of carbonyl (C=O) groups excluding carboxylic acids is 1. The van der Waals surface area contributed by atoms with Gasteiger partial charge < -0.3 is 15.4 Å². The van der Waals surface area contributed by atoms with E-state index in [1.54, 1.807) is 19.1 Å². The highest BCUT2D eigenvalue weighted by atomic mass is 19.3. The highest BCUT2D eigenvalue weighted by Crippen LogP contribution is 2.70. The van der Waals surface area contributed by atoms with Gasteiger partial charge in [0.15, 0.2) is 5.75 Å². The van der Waals surface area contributed by atoms with Crippen LogP contribution in [0.15, 0.2) is 18.3 Å². The highest BCUT2D eigenvalue weighted by molar-refractivity contribution is 5.88. The fourth-order valence-corrected chi connectivity index (χ4v) is 3.50. The Kier molecular flexibility index (Phi) is 4.63. The monoisotopic (exact) mass is 403 g/mol. The molecule has 0 aliphatic heterocycles. The van der Waals surface area contributed by atoms with Crippen molar-refractivity contribution in [2.45, 2.75) is 46.0 Å². The molecule has 0 radical (unpaired) electrons. The molecule has 2 saturated carbocycles. The number of carbonyl (C=O) groups is 1. The maximum atomic E-state index is 13.7. The van der Waals surface area contributed by atoms with E-state index in [1.165, 1.54) is 32.4 Å². The van der Waals surface area contributed by atoms with Gasteiger partial charge in [0.1, 0.15) is 11.6 Å². The Morgan fingerprint density at radius 3 is 2.69 bits per heavy atom. The molecule has 0 saturated heterocycles. The van der Waals surface area contributed by atoms with Gasteiger partial charge in [-0.3, -0.25) is 4.79 Å². The lowest BCUT2D eigenvalue weighted by atomic mass is 10.3. The summed E-state index contributed by atoms with van der Waals surface area (Å²) in [5.41, 5.74) is 1.40. The van der Waals surface area contributed by atoms with Crippen molar-refractivity contribution in [3.63, 3.8) is 0 Å². The third-order valence-electron chi connectivity index (χ3n) is 5.37. The molecule has 0 bridgehead atoms. The molecule has 0 unspecified atom stereocenters.